The smallest absolute Gasteiger partial charge is 0.198 e. The first-order valence-electron chi connectivity index (χ1n) is 9.81. The molecule has 2 aliphatic rings. The molecule has 0 spiro atoms. The summed E-state index contributed by atoms with van der Waals surface area (Å²) in [5, 5.41) is 4.76. The van der Waals surface area contributed by atoms with E-state index in [9.17, 15) is 0 Å². The number of aliphatic imine (C=N–C) groups is 1. The largest absolute Gasteiger partial charge is 0.357 e. The van der Waals surface area contributed by atoms with Gasteiger partial charge in [0.05, 0.1) is 18.9 Å². The van der Waals surface area contributed by atoms with Gasteiger partial charge >= 0.3 is 0 Å². The molecule has 0 amide bonds. The Morgan fingerprint density at radius 1 is 1.14 bits per heavy atom. The van der Waals surface area contributed by atoms with Crippen molar-refractivity contribution in [3.63, 3.8) is 0 Å². The lowest BCUT2D eigenvalue weighted by atomic mass is 10.1. The van der Waals surface area contributed by atoms with Gasteiger partial charge in [0.1, 0.15) is 0 Å². The molecule has 0 radical (unpaired) electrons. The van der Waals surface area contributed by atoms with Gasteiger partial charge in [0.2, 0.25) is 0 Å². The molecule has 4 heterocycles. The van der Waals surface area contributed by atoms with Crippen LogP contribution in [0.1, 0.15) is 11.3 Å². The van der Waals surface area contributed by atoms with E-state index in [1.807, 2.05) is 12.1 Å². The summed E-state index contributed by atoms with van der Waals surface area (Å²) in [7, 11) is 4.17. The molecule has 7 nitrogen and oxygen atoms in total. The SMILES string of the molecule is Cc1c(CN2C=C3C(=NC(Nc4ccncc4)N3C)N(C)C2)[nH]c2ccccc12. The molecule has 29 heavy (non-hydrogen) atoms. The third-order valence-electron chi connectivity index (χ3n) is 5.69. The highest BCUT2D eigenvalue weighted by atomic mass is 15.5. The Morgan fingerprint density at radius 2 is 1.93 bits per heavy atom. The van der Waals surface area contributed by atoms with Crippen LogP contribution in [-0.2, 0) is 6.54 Å². The zero-order valence-corrected chi connectivity index (χ0v) is 16.9. The summed E-state index contributed by atoms with van der Waals surface area (Å²) in [6.07, 6.45) is 5.66. The van der Waals surface area contributed by atoms with Crippen LogP contribution < -0.4 is 5.32 Å². The first-order chi connectivity index (χ1) is 14.1. The molecule has 0 saturated heterocycles. The van der Waals surface area contributed by atoms with Crippen molar-refractivity contribution in [2.75, 3.05) is 26.1 Å². The fraction of sp³-hybridized carbons (Fsp3) is 0.273. The lowest BCUT2D eigenvalue weighted by molar-refractivity contribution is 0.243. The summed E-state index contributed by atoms with van der Waals surface area (Å²) in [4.78, 5) is 19.3. The van der Waals surface area contributed by atoms with E-state index in [0.717, 1.165) is 30.4 Å². The van der Waals surface area contributed by atoms with Crippen LogP contribution in [-0.4, -0.2) is 57.6 Å². The van der Waals surface area contributed by atoms with Crippen LogP contribution in [0.25, 0.3) is 10.9 Å². The van der Waals surface area contributed by atoms with Crippen LogP contribution in [0, 0.1) is 6.92 Å². The molecule has 1 unspecified atom stereocenters. The van der Waals surface area contributed by atoms with E-state index in [4.69, 9.17) is 4.99 Å². The summed E-state index contributed by atoms with van der Waals surface area (Å²) < 4.78 is 0. The van der Waals surface area contributed by atoms with Crippen LogP contribution in [0.2, 0.25) is 0 Å². The van der Waals surface area contributed by atoms with E-state index < -0.39 is 0 Å². The maximum Gasteiger partial charge on any atom is 0.198 e. The topological polar surface area (TPSA) is 62.8 Å². The van der Waals surface area contributed by atoms with Gasteiger partial charge in [-0.05, 0) is 30.7 Å². The molecule has 5 rings (SSSR count). The quantitative estimate of drug-likeness (QED) is 0.720. The zero-order valence-electron chi connectivity index (χ0n) is 16.9. The summed E-state index contributed by atoms with van der Waals surface area (Å²) in [5.41, 5.74) is 5.90. The minimum Gasteiger partial charge on any atom is -0.357 e. The summed E-state index contributed by atoms with van der Waals surface area (Å²) >= 11 is 0. The fourth-order valence-corrected chi connectivity index (χ4v) is 4.08. The molecule has 2 N–H and O–H groups in total. The van der Waals surface area contributed by atoms with Crippen molar-refractivity contribution in [1.29, 1.82) is 0 Å². The highest BCUT2D eigenvalue weighted by Crippen LogP contribution is 2.28. The highest BCUT2D eigenvalue weighted by molar-refractivity contribution is 6.00. The van der Waals surface area contributed by atoms with E-state index in [1.165, 1.54) is 22.2 Å². The van der Waals surface area contributed by atoms with Crippen molar-refractivity contribution in [1.82, 2.24) is 24.7 Å². The van der Waals surface area contributed by atoms with Crippen molar-refractivity contribution < 1.29 is 0 Å². The number of H-pyrrole nitrogens is 1. The van der Waals surface area contributed by atoms with Crippen molar-refractivity contribution in [3.05, 3.63) is 71.9 Å². The molecule has 0 bridgehead atoms. The van der Waals surface area contributed by atoms with Gasteiger partial charge in [-0.2, -0.15) is 0 Å². The van der Waals surface area contributed by atoms with Crippen LogP contribution in [0.3, 0.4) is 0 Å². The molecule has 148 valence electrons. The Morgan fingerprint density at radius 3 is 2.72 bits per heavy atom. The third-order valence-corrected chi connectivity index (χ3v) is 5.69. The Kier molecular flexibility index (Phi) is 4.16. The Labute approximate surface area is 170 Å². The number of aromatic nitrogens is 2. The Bertz CT molecular complexity index is 1100. The number of amidine groups is 1. The van der Waals surface area contributed by atoms with Gasteiger partial charge in [-0.15, -0.1) is 0 Å². The average molecular weight is 387 g/mol. The number of benzene rings is 1. The second-order valence-electron chi connectivity index (χ2n) is 7.69. The molecular formula is C22H25N7. The number of nitrogens with zero attached hydrogens (tertiary/aromatic N) is 5. The van der Waals surface area contributed by atoms with Gasteiger partial charge in [0, 0.05) is 55.0 Å². The number of anilines is 1. The minimum atomic E-state index is -0.129. The van der Waals surface area contributed by atoms with Gasteiger partial charge in [-0.3, -0.25) is 4.98 Å². The van der Waals surface area contributed by atoms with E-state index in [1.54, 1.807) is 12.4 Å². The summed E-state index contributed by atoms with van der Waals surface area (Å²) in [5.74, 6) is 1.02. The lowest BCUT2D eigenvalue weighted by Gasteiger charge is -2.35. The predicted octanol–water partition coefficient (Wildman–Crippen LogP) is 3.16. The molecular weight excluding hydrogens is 362 g/mol. The maximum absolute atomic E-state index is 4.90. The molecule has 0 saturated carbocycles. The van der Waals surface area contributed by atoms with Gasteiger partial charge in [-0.1, -0.05) is 18.2 Å². The van der Waals surface area contributed by atoms with Crippen molar-refractivity contribution in [2.45, 2.75) is 19.8 Å². The van der Waals surface area contributed by atoms with Gasteiger partial charge in [-0.25, -0.2) is 4.99 Å². The highest BCUT2D eigenvalue weighted by Gasteiger charge is 2.34. The standard InChI is InChI=1S/C22H25N7/c1-15-17-6-4-5-7-18(17)25-19(15)12-29-13-20-21(27(2)14-29)26-22(28(20)3)24-16-8-10-23-11-9-16/h4-11,13,22,25H,12,14H2,1-3H3,(H,23,24). The van der Waals surface area contributed by atoms with Gasteiger partial charge in [0.15, 0.2) is 12.1 Å². The van der Waals surface area contributed by atoms with Crippen LogP contribution in [0.15, 0.2) is 65.7 Å². The first-order valence-corrected chi connectivity index (χ1v) is 9.81. The Hall–Kier alpha value is -3.48. The number of rotatable bonds is 4. The maximum atomic E-state index is 4.90. The molecule has 7 heteroatoms. The van der Waals surface area contributed by atoms with Crippen molar-refractivity contribution in [2.24, 2.45) is 4.99 Å². The first kappa shape index (κ1) is 17.6. The van der Waals surface area contributed by atoms with Crippen LogP contribution in [0.4, 0.5) is 5.69 Å². The second-order valence-corrected chi connectivity index (χ2v) is 7.69. The molecule has 2 aliphatic heterocycles. The number of nitrogens with one attached hydrogen (secondary N) is 2. The van der Waals surface area contributed by atoms with Gasteiger partial charge < -0.3 is 25.0 Å². The van der Waals surface area contributed by atoms with Gasteiger partial charge in [0.25, 0.3) is 0 Å². The number of aromatic amines is 1. The monoisotopic (exact) mass is 387 g/mol. The van der Waals surface area contributed by atoms with E-state index in [2.05, 4.69) is 81.5 Å². The molecule has 2 aromatic heterocycles. The minimum absolute atomic E-state index is 0.129. The normalized spacial score (nSPS) is 18.7. The second kappa shape index (κ2) is 6.84. The van der Waals surface area contributed by atoms with Crippen LogP contribution in [0.5, 0.6) is 0 Å². The summed E-state index contributed by atoms with van der Waals surface area (Å²) in [6.45, 7) is 3.82. The fourth-order valence-electron chi connectivity index (χ4n) is 4.08. The number of para-hydroxylation sites is 1. The van der Waals surface area contributed by atoms with Crippen molar-refractivity contribution >= 4 is 22.4 Å². The van der Waals surface area contributed by atoms with Crippen LogP contribution >= 0.6 is 0 Å². The average Bonchev–Trinajstić information content (AvgIpc) is 3.21. The van der Waals surface area contributed by atoms with E-state index in [-0.39, 0.29) is 6.29 Å². The number of hydrogen-bond donors (Lipinski definition) is 2. The van der Waals surface area contributed by atoms with E-state index >= 15 is 0 Å². The summed E-state index contributed by atoms with van der Waals surface area (Å²) in [6, 6.07) is 12.4. The molecule has 0 aliphatic carbocycles. The number of fused-ring (bicyclic) bond motifs is 2. The van der Waals surface area contributed by atoms with Crippen molar-refractivity contribution in [3.8, 4) is 0 Å². The van der Waals surface area contributed by atoms with E-state index in [0.29, 0.717) is 0 Å². The molecule has 1 aromatic carbocycles. The molecule has 1 atom stereocenters. The molecule has 3 aromatic rings. The Balaban J connectivity index is 1.39. The molecule has 0 fully saturated rings. The lowest BCUT2D eigenvalue weighted by Crippen LogP contribution is -2.43. The zero-order chi connectivity index (χ0) is 20.0. The number of likely N-dealkylation sites (N-methyl/N-ethyl adjacent to an activating group) is 2. The number of hydrogen-bond acceptors (Lipinski definition) is 6. The predicted molar refractivity (Wildman–Crippen MR) is 116 cm³/mol. The number of aryl methyl sites for hydroxylation is 1. The third kappa shape index (κ3) is 3.08. The number of pyridine rings is 1.